The van der Waals surface area contributed by atoms with Crippen LogP contribution in [0, 0.1) is 19.8 Å². The number of thiophene rings is 1. The summed E-state index contributed by atoms with van der Waals surface area (Å²) < 4.78 is 5.74. The lowest BCUT2D eigenvalue weighted by Crippen LogP contribution is -2.43. The molecule has 3 atom stereocenters. The van der Waals surface area contributed by atoms with Crippen LogP contribution in [-0.4, -0.2) is 45.7 Å². The number of aryl methyl sites for hydroxylation is 2. The summed E-state index contributed by atoms with van der Waals surface area (Å²) in [7, 11) is 0. The van der Waals surface area contributed by atoms with Crippen LogP contribution in [-0.2, 0) is 9.53 Å². The molecule has 23 heavy (non-hydrogen) atoms. The molecule has 2 aromatic heterocycles. The van der Waals surface area contributed by atoms with Gasteiger partial charge in [0.2, 0.25) is 5.91 Å². The minimum absolute atomic E-state index is 0.140. The van der Waals surface area contributed by atoms with E-state index in [1.54, 1.807) is 11.3 Å². The molecule has 122 valence electrons. The summed E-state index contributed by atoms with van der Waals surface area (Å²) in [4.78, 5) is 21.7. The minimum Gasteiger partial charge on any atom is -0.366 e. The van der Waals surface area contributed by atoms with Gasteiger partial charge in [-0.15, -0.1) is 11.3 Å². The maximum Gasteiger partial charge on any atom is 0.226 e. The Morgan fingerprint density at radius 1 is 1.43 bits per heavy atom. The van der Waals surface area contributed by atoms with E-state index in [9.17, 15) is 4.79 Å². The van der Waals surface area contributed by atoms with Crippen molar-refractivity contribution in [2.75, 3.05) is 19.7 Å². The third-order valence-electron chi connectivity index (χ3n) is 4.51. The highest BCUT2D eigenvalue weighted by Crippen LogP contribution is 2.50. The summed E-state index contributed by atoms with van der Waals surface area (Å²) in [5, 5.41) is 6.99. The number of H-pyrrole nitrogens is 1. The van der Waals surface area contributed by atoms with Gasteiger partial charge in [0.1, 0.15) is 11.9 Å². The van der Waals surface area contributed by atoms with E-state index >= 15 is 0 Å². The number of morpholine rings is 1. The number of hydrogen-bond acceptors (Lipinski definition) is 5. The largest absolute Gasteiger partial charge is 0.366 e. The molecule has 1 N–H and O–H groups in total. The SMILES string of the molecule is Cc1nc([C@@H]2CN(C(=O)[C@@H]3C[C@@H]3c3ccc(C)s3)CCO2)n[nH]1. The van der Waals surface area contributed by atoms with E-state index in [2.05, 4.69) is 34.2 Å². The van der Waals surface area contributed by atoms with Gasteiger partial charge in [0.15, 0.2) is 5.82 Å². The zero-order valence-corrected chi connectivity index (χ0v) is 14.1. The standard InChI is InChI=1S/C16H20N4O2S/c1-9-3-4-14(23-9)11-7-12(11)16(21)20-5-6-22-13(8-20)15-17-10(2)18-19-15/h3-4,11-13H,5-8H2,1-2H3,(H,17,18,19)/t11-,12+,13-/m0/s1. The summed E-state index contributed by atoms with van der Waals surface area (Å²) in [6.07, 6.45) is 0.749. The molecule has 4 rings (SSSR count). The van der Waals surface area contributed by atoms with Crippen LogP contribution in [0.15, 0.2) is 12.1 Å². The number of ether oxygens (including phenoxy) is 1. The fourth-order valence-corrected chi connectivity index (χ4v) is 4.24. The van der Waals surface area contributed by atoms with Crippen LogP contribution < -0.4 is 0 Å². The van der Waals surface area contributed by atoms with Gasteiger partial charge in [-0.3, -0.25) is 9.89 Å². The number of amides is 1. The molecule has 3 heterocycles. The van der Waals surface area contributed by atoms with Crippen LogP contribution in [0.4, 0.5) is 0 Å². The van der Waals surface area contributed by atoms with Crippen molar-refractivity contribution in [3.63, 3.8) is 0 Å². The second kappa shape index (κ2) is 5.72. The average molecular weight is 332 g/mol. The lowest BCUT2D eigenvalue weighted by Gasteiger charge is -2.31. The van der Waals surface area contributed by atoms with Gasteiger partial charge >= 0.3 is 0 Å². The van der Waals surface area contributed by atoms with Gasteiger partial charge in [0, 0.05) is 28.1 Å². The van der Waals surface area contributed by atoms with Gasteiger partial charge in [0.05, 0.1) is 13.2 Å². The molecular formula is C16H20N4O2S. The van der Waals surface area contributed by atoms with Gasteiger partial charge in [-0.05, 0) is 32.4 Å². The van der Waals surface area contributed by atoms with Gasteiger partial charge in [0.25, 0.3) is 0 Å². The zero-order valence-electron chi connectivity index (χ0n) is 13.3. The molecule has 0 unspecified atom stereocenters. The maximum atomic E-state index is 12.8. The van der Waals surface area contributed by atoms with Crippen LogP contribution in [0.3, 0.4) is 0 Å². The van der Waals surface area contributed by atoms with Gasteiger partial charge in [-0.1, -0.05) is 0 Å². The molecule has 0 aromatic carbocycles. The predicted molar refractivity (Wildman–Crippen MR) is 86.3 cm³/mol. The quantitative estimate of drug-likeness (QED) is 0.935. The van der Waals surface area contributed by atoms with Crippen molar-refractivity contribution >= 4 is 17.2 Å². The van der Waals surface area contributed by atoms with Crippen LogP contribution in [0.1, 0.15) is 39.8 Å². The summed E-state index contributed by atoms with van der Waals surface area (Å²) >= 11 is 1.81. The predicted octanol–water partition coefficient (Wildman–Crippen LogP) is 2.19. The molecule has 2 aromatic rings. The Bertz CT molecular complexity index is 725. The van der Waals surface area contributed by atoms with Gasteiger partial charge in [-0.2, -0.15) is 5.10 Å². The van der Waals surface area contributed by atoms with Crippen LogP contribution in [0.5, 0.6) is 0 Å². The van der Waals surface area contributed by atoms with Crippen molar-refractivity contribution in [2.24, 2.45) is 5.92 Å². The lowest BCUT2D eigenvalue weighted by molar-refractivity contribution is -0.140. The second-order valence-electron chi connectivity index (χ2n) is 6.32. The van der Waals surface area contributed by atoms with Crippen molar-refractivity contribution in [1.29, 1.82) is 0 Å². The highest BCUT2D eigenvalue weighted by Gasteiger charge is 2.47. The fraction of sp³-hybridized carbons (Fsp3) is 0.562. The Kier molecular flexibility index (Phi) is 3.69. The molecule has 0 bridgehead atoms. The van der Waals surface area contributed by atoms with E-state index in [4.69, 9.17) is 4.74 Å². The number of nitrogens with zero attached hydrogens (tertiary/aromatic N) is 3. The summed E-state index contributed by atoms with van der Waals surface area (Å²) in [5.74, 6) is 2.21. The molecule has 1 saturated carbocycles. The molecule has 1 aliphatic heterocycles. The number of hydrogen-bond donors (Lipinski definition) is 1. The number of nitrogens with one attached hydrogen (secondary N) is 1. The Morgan fingerprint density at radius 2 is 2.30 bits per heavy atom. The topological polar surface area (TPSA) is 71.1 Å². The molecule has 2 fully saturated rings. The zero-order chi connectivity index (χ0) is 16.0. The molecule has 7 heteroatoms. The number of rotatable bonds is 3. The van der Waals surface area contributed by atoms with Crippen molar-refractivity contribution < 1.29 is 9.53 Å². The number of aromatic amines is 1. The van der Waals surface area contributed by atoms with Crippen molar-refractivity contribution in [3.05, 3.63) is 33.5 Å². The molecule has 2 aliphatic rings. The first-order valence-electron chi connectivity index (χ1n) is 7.97. The van der Waals surface area contributed by atoms with E-state index in [1.165, 1.54) is 9.75 Å². The molecule has 1 aliphatic carbocycles. The molecule has 1 saturated heterocycles. The second-order valence-corrected chi connectivity index (χ2v) is 7.64. The summed E-state index contributed by atoms with van der Waals surface area (Å²) in [6, 6.07) is 4.30. The maximum absolute atomic E-state index is 12.8. The fourth-order valence-electron chi connectivity index (χ4n) is 3.18. The first-order valence-corrected chi connectivity index (χ1v) is 8.79. The normalized spacial score (nSPS) is 27.2. The number of carbonyl (C=O) groups is 1. The average Bonchev–Trinajstić information content (AvgIpc) is 3.04. The van der Waals surface area contributed by atoms with Gasteiger partial charge < -0.3 is 9.64 Å². The van der Waals surface area contributed by atoms with E-state index < -0.39 is 0 Å². The van der Waals surface area contributed by atoms with Crippen LogP contribution in [0.25, 0.3) is 0 Å². The van der Waals surface area contributed by atoms with E-state index in [0.717, 1.165) is 12.2 Å². The van der Waals surface area contributed by atoms with Crippen molar-refractivity contribution in [2.45, 2.75) is 32.3 Å². The third kappa shape index (κ3) is 2.90. The highest BCUT2D eigenvalue weighted by atomic mass is 32.1. The van der Waals surface area contributed by atoms with E-state index in [1.807, 2.05) is 11.8 Å². The Hall–Kier alpha value is -1.73. The third-order valence-corrected chi connectivity index (χ3v) is 5.65. The number of aromatic nitrogens is 3. The van der Waals surface area contributed by atoms with Crippen LogP contribution >= 0.6 is 11.3 Å². The molecular weight excluding hydrogens is 312 g/mol. The van der Waals surface area contributed by atoms with E-state index in [-0.39, 0.29) is 17.9 Å². The summed E-state index contributed by atoms with van der Waals surface area (Å²) in [6.45, 7) is 5.71. The van der Waals surface area contributed by atoms with Gasteiger partial charge in [-0.25, -0.2) is 4.98 Å². The molecule has 1 amide bonds. The summed E-state index contributed by atoms with van der Waals surface area (Å²) in [5.41, 5.74) is 0. The first-order chi connectivity index (χ1) is 11.1. The molecule has 0 spiro atoms. The molecule has 6 nitrogen and oxygen atoms in total. The Morgan fingerprint density at radius 3 is 3.00 bits per heavy atom. The minimum atomic E-state index is -0.223. The van der Waals surface area contributed by atoms with Crippen molar-refractivity contribution in [3.8, 4) is 0 Å². The smallest absolute Gasteiger partial charge is 0.226 e. The lowest BCUT2D eigenvalue weighted by atomic mass is 10.2. The highest BCUT2D eigenvalue weighted by molar-refractivity contribution is 7.12. The number of carbonyl (C=O) groups excluding carboxylic acids is 1. The van der Waals surface area contributed by atoms with Crippen molar-refractivity contribution in [1.82, 2.24) is 20.1 Å². The van der Waals surface area contributed by atoms with E-state index in [0.29, 0.717) is 31.4 Å². The molecule has 0 radical (unpaired) electrons. The van der Waals surface area contributed by atoms with Crippen LogP contribution in [0.2, 0.25) is 0 Å². The Balaban J connectivity index is 1.41. The first kappa shape index (κ1) is 14.8. The Labute approximate surface area is 138 Å². The monoisotopic (exact) mass is 332 g/mol.